The molecule has 0 aromatic heterocycles. The maximum atomic E-state index is 14.4. The molecule has 0 saturated heterocycles. The van der Waals surface area contributed by atoms with Crippen LogP contribution in [0.15, 0.2) is 72.8 Å². The highest BCUT2D eigenvalue weighted by molar-refractivity contribution is 5.84. The van der Waals surface area contributed by atoms with E-state index in [0.29, 0.717) is 17.2 Å². The van der Waals surface area contributed by atoms with E-state index in [2.05, 4.69) is 18.8 Å². The molecule has 3 heteroatoms. The molecular formula is C30H25F3. The fourth-order valence-electron chi connectivity index (χ4n) is 3.83. The number of hydrogen-bond acceptors (Lipinski definition) is 0. The van der Waals surface area contributed by atoms with Gasteiger partial charge in [0.2, 0.25) is 0 Å². The molecule has 4 rings (SSSR count). The van der Waals surface area contributed by atoms with Crippen LogP contribution in [0.25, 0.3) is 10.8 Å². The minimum Gasteiger partial charge on any atom is -0.207 e. The predicted molar refractivity (Wildman–Crippen MR) is 129 cm³/mol. The van der Waals surface area contributed by atoms with Crippen molar-refractivity contribution < 1.29 is 13.2 Å². The molecule has 0 fully saturated rings. The maximum absolute atomic E-state index is 14.4. The van der Waals surface area contributed by atoms with E-state index in [9.17, 15) is 13.2 Å². The van der Waals surface area contributed by atoms with Crippen molar-refractivity contribution in [3.63, 3.8) is 0 Å². The number of aryl methyl sites for hydroxylation is 3. The fourth-order valence-corrected chi connectivity index (χ4v) is 3.83. The summed E-state index contributed by atoms with van der Waals surface area (Å²) in [5, 5.41) is 1.25. The highest BCUT2D eigenvalue weighted by atomic mass is 19.2. The Kier molecular flexibility index (Phi) is 7.15. The number of unbranched alkanes of at least 4 members (excludes halogenated alkanes) is 1. The smallest absolute Gasteiger partial charge is 0.159 e. The predicted octanol–water partition coefficient (Wildman–Crippen LogP) is 7.78. The Labute approximate surface area is 193 Å². The van der Waals surface area contributed by atoms with Crippen molar-refractivity contribution in [2.45, 2.75) is 39.0 Å². The number of rotatable bonds is 6. The Hall–Kier alpha value is -3.51. The van der Waals surface area contributed by atoms with Gasteiger partial charge in [0.15, 0.2) is 11.6 Å². The first-order valence-electron chi connectivity index (χ1n) is 11.3. The first-order chi connectivity index (χ1) is 16.0. The van der Waals surface area contributed by atoms with Gasteiger partial charge in [-0.25, -0.2) is 13.2 Å². The molecule has 0 bridgehead atoms. The average Bonchev–Trinajstić information content (AvgIpc) is 2.82. The minimum absolute atomic E-state index is 0.121. The summed E-state index contributed by atoms with van der Waals surface area (Å²) in [5.74, 6) is 4.34. The van der Waals surface area contributed by atoms with Gasteiger partial charge in [-0.2, -0.15) is 0 Å². The summed E-state index contributed by atoms with van der Waals surface area (Å²) in [5.41, 5.74) is 4.51. The summed E-state index contributed by atoms with van der Waals surface area (Å²) in [6.45, 7) is 2.14. The minimum atomic E-state index is -0.865. The lowest BCUT2D eigenvalue weighted by molar-refractivity contribution is 0.511. The lowest BCUT2D eigenvalue weighted by Gasteiger charge is -2.07. The molecule has 166 valence electrons. The van der Waals surface area contributed by atoms with Crippen LogP contribution in [0.2, 0.25) is 0 Å². The van der Waals surface area contributed by atoms with E-state index in [1.807, 2.05) is 36.4 Å². The second kappa shape index (κ2) is 10.4. The molecule has 0 atom stereocenters. The van der Waals surface area contributed by atoms with Crippen LogP contribution in [-0.2, 0) is 19.3 Å². The van der Waals surface area contributed by atoms with E-state index >= 15 is 0 Å². The second-order valence-corrected chi connectivity index (χ2v) is 8.30. The Morgan fingerprint density at radius 1 is 0.576 bits per heavy atom. The third-order valence-corrected chi connectivity index (χ3v) is 5.80. The van der Waals surface area contributed by atoms with Crippen LogP contribution in [0.4, 0.5) is 13.2 Å². The van der Waals surface area contributed by atoms with Gasteiger partial charge in [-0.15, -0.1) is 0 Å². The molecule has 0 saturated carbocycles. The Morgan fingerprint density at radius 3 is 1.97 bits per heavy atom. The van der Waals surface area contributed by atoms with Gasteiger partial charge >= 0.3 is 0 Å². The van der Waals surface area contributed by atoms with Crippen molar-refractivity contribution in [1.82, 2.24) is 0 Å². The van der Waals surface area contributed by atoms with Crippen LogP contribution in [0.5, 0.6) is 0 Å². The second-order valence-electron chi connectivity index (χ2n) is 8.30. The Bertz CT molecular complexity index is 1320. The Balaban J connectivity index is 1.40. The molecule has 0 nitrogen and oxygen atoms in total. The summed E-state index contributed by atoms with van der Waals surface area (Å²) < 4.78 is 41.2. The van der Waals surface area contributed by atoms with Crippen molar-refractivity contribution >= 4 is 10.8 Å². The lowest BCUT2D eigenvalue weighted by Crippen LogP contribution is -1.97. The van der Waals surface area contributed by atoms with Crippen molar-refractivity contribution in [2.75, 3.05) is 0 Å². The molecule has 33 heavy (non-hydrogen) atoms. The zero-order valence-corrected chi connectivity index (χ0v) is 18.6. The SMILES string of the molecule is CCCCc1ccc(CCc2ccc(C#Cc3ccc4cc(F)c(F)cc4c3)cc2)c(F)c1. The summed E-state index contributed by atoms with van der Waals surface area (Å²) in [4.78, 5) is 0. The van der Waals surface area contributed by atoms with E-state index in [0.717, 1.165) is 53.5 Å². The van der Waals surface area contributed by atoms with Crippen molar-refractivity contribution in [3.05, 3.63) is 118 Å². The fraction of sp³-hybridized carbons (Fsp3) is 0.200. The molecule has 0 aliphatic heterocycles. The van der Waals surface area contributed by atoms with Crippen LogP contribution in [0.3, 0.4) is 0 Å². The molecule has 0 unspecified atom stereocenters. The molecule has 0 heterocycles. The summed E-state index contributed by atoms with van der Waals surface area (Å²) in [6, 6.07) is 21.2. The number of benzene rings is 4. The normalized spacial score (nSPS) is 10.8. The highest BCUT2D eigenvalue weighted by Gasteiger charge is 2.06. The molecule has 0 amide bonds. The van der Waals surface area contributed by atoms with Crippen molar-refractivity contribution in [1.29, 1.82) is 0 Å². The van der Waals surface area contributed by atoms with Gasteiger partial charge in [0, 0.05) is 11.1 Å². The van der Waals surface area contributed by atoms with Gasteiger partial charge in [0.1, 0.15) is 5.82 Å². The molecule has 4 aromatic carbocycles. The molecule has 0 aliphatic carbocycles. The zero-order chi connectivity index (χ0) is 23.2. The summed E-state index contributed by atoms with van der Waals surface area (Å²) >= 11 is 0. The standard InChI is InChI=1S/C30H25F3/c1-2-3-4-23-12-15-25(28(31)18-23)14-11-22-7-5-21(6-8-22)9-10-24-13-16-26-19-29(32)30(33)20-27(26)17-24/h5-8,12-13,15-20H,2-4,11,14H2,1H3. The van der Waals surface area contributed by atoms with Gasteiger partial charge in [0.25, 0.3) is 0 Å². The number of hydrogen-bond donors (Lipinski definition) is 0. The monoisotopic (exact) mass is 442 g/mol. The third-order valence-electron chi connectivity index (χ3n) is 5.80. The molecule has 0 radical (unpaired) electrons. The van der Waals surface area contributed by atoms with Crippen LogP contribution in [-0.4, -0.2) is 0 Å². The van der Waals surface area contributed by atoms with E-state index < -0.39 is 11.6 Å². The molecule has 0 aliphatic rings. The quantitative estimate of drug-likeness (QED) is 0.267. The average molecular weight is 443 g/mol. The number of halogens is 3. The first kappa shape index (κ1) is 22.7. The van der Waals surface area contributed by atoms with E-state index in [4.69, 9.17) is 0 Å². The van der Waals surface area contributed by atoms with Gasteiger partial charge in [-0.1, -0.05) is 55.5 Å². The van der Waals surface area contributed by atoms with Crippen LogP contribution in [0.1, 0.15) is 47.6 Å². The first-order valence-corrected chi connectivity index (χ1v) is 11.3. The van der Waals surface area contributed by atoms with E-state index in [-0.39, 0.29) is 5.82 Å². The van der Waals surface area contributed by atoms with Crippen LogP contribution >= 0.6 is 0 Å². The highest BCUT2D eigenvalue weighted by Crippen LogP contribution is 2.20. The van der Waals surface area contributed by atoms with Gasteiger partial charge < -0.3 is 0 Å². The van der Waals surface area contributed by atoms with E-state index in [1.165, 1.54) is 12.1 Å². The number of fused-ring (bicyclic) bond motifs is 1. The van der Waals surface area contributed by atoms with Crippen molar-refractivity contribution in [2.24, 2.45) is 0 Å². The van der Waals surface area contributed by atoms with Crippen LogP contribution in [0, 0.1) is 29.3 Å². The maximum Gasteiger partial charge on any atom is 0.159 e. The molecule has 0 N–H and O–H groups in total. The summed E-state index contributed by atoms with van der Waals surface area (Å²) in [7, 11) is 0. The third kappa shape index (κ3) is 5.84. The lowest BCUT2D eigenvalue weighted by atomic mass is 10.00. The molecule has 0 spiro atoms. The van der Waals surface area contributed by atoms with Crippen LogP contribution < -0.4 is 0 Å². The molecule has 4 aromatic rings. The zero-order valence-electron chi connectivity index (χ0n) is 18.6. The topological polar surface area (TPSA) is 0 Å². The molecular weight excluding hydrogens is 417 g/mol. The van der Waals surface area contributed by atoms with E-state index in [1.54, 1.807) is 24.3 Å². The van der Waals surface area contributed by atoms with Gasteiger partial charge in [0.05, 0.1) is 0 Å². The Morgan fingerprint density at radius 2 is 1.24 bits per heavy atom. The van der Waals surface area contributed by atoms with Gasteiger partial charge in [-0.05, 0) is 95.6 Å². The van der Waals surface area contributed by atoms with Gasteiger partial charge in [-0.3, -0.25) is 0 Å². The largest absolute Gasteiger partial charge is 0.207 e. The van der Waals surface area contributed by atoms with Crippen molar-refractivity contribution in [3.8, 4) is 11.8 Å². The summed E-state index contributed by atoms with van der Waals surface area (Å²) in [6.07, 6.45) is 4.51.